The number of aryl methyl sites for hydroxylation is 2. The Kier molecular flexibility index (Phi) is 4.72. The second-order valence-electron chi connectivity index (χ2n) is 11.1. The molecule has 0 saturated carbocycles. The van der Waals surface area contributed by atoms with Gasteiger partial charge in [-0.3, -0.25) is 0 Å². The lowest BCUT2D eigenvalue weighted by atomic mass is 9.80. The molecule has 0 spiro atoms. The summed E-state index contributed by atoms with van der Waals surface area (Å²) in [7, 11) is 0. The maximum Gasteiger partial charge on any atom is 0.0159 e. The molecule has 1 aliphatic carbocycles. The first-order valence-corrected chi connectivity index (χ1v) is 13.2. The molecule has 6 aromatic carbocycles. The molecule has 0 aromatic heterocycles. The van der Waals surface area contributed by atoms with E-state index in [1.807, 2.05) is 0 Å². The van der Waals surface area contributed by atoms with Crippen LogP contribution in [0.2, 0.25) is 0 Å². The van der Waals surface area contributed by atoms with Crippen LogP contribution in [0.5, 0.6) is 0 Å². The Morgan fingerprint density at radius 3 is 1.22 bits per heavy atom. The third-order valence-corrected chi connectivity index (χ3v) is 8.58. The zero-order valence-electron chi connectivity index (χ0n) is 21.9. The van der Waals surface area contributed by atoms with Crippen LogP contribution in [0.3, 0.4) is 0 Å². The van der Waals surface area contributed by atoms with Crippen LogP contribution >= 0.6 is 0 Å². The Morgan fingerprint density at radius 2 is 0.784 bits per heavy atom. The fourth-order valence-electron chi connectivity index (χ4n) is 6.48. The number of benzene rings is 6. The Morgan fingerprint density at radius 1 is 0.405 bits per heavy atom. The van der Waals surface area contributed by atoms with Crippen molar-refractivity contribution in [2.24, 2.45) is 0 Å². The maximum atomic E-state index is 2.44. The summed E-state index contributed by atoms with van der Waals surface area (Å²) in [5.41, 5.74) is 13.3. The molecule has 0 nitrogen and oxygen atoms in total. The average Bonchev–Trinajstić information content (AvgIpc) is 3.15. The number of fused-ring (bicyclic) bond motifs is 5. The molecule has 0 N–H and O–H groups in total. The van der Waals surface area contributed by atoms with Crippen molar-refractivity contribution < 1.29 is 0 Å². The van der Waals surface area contributed by atoms with Crippen LogP contribution in [0.4, 0.5) is 0 Å². The van der Waals surface area contributed by atoms with Crippen LogP contribution in [0.25, 0.3) is 54.9 Å². The lowest BCUT2D eigenvalue weighted by Crippen LogP contribution is -2.15. The normalized spacial score (nSPS) is 13.6. The molecular formula is C37H30. The van der Waals surface area contributed by atoms with E-state index in [0.717, 1.165) is 0 Å². The fourth-order valence-corrected chi connectivity index (χ4v) is 6.48. The highest BCUT2D eigenvalue weighted by Gasteiger charge is 2.36. The van der Waals surface area contributed by atoms with E-state index >= 15 is 0 Å². The first kappa shape index (κ1) is 22.1. The lowest BCUT2D eigenvalue weighted by molar-refractivity contribution is 0.661. The summed E-state index contributed by atoms with van der Waals surface area (Å²) < 4.78 is 0. The number of rotatable bonds is 2. The van der Waals surface area contributed by atoms with E-state index in [1.165, 1.54) is 77.2 Å². The van der Waals surface area contributed by atoms with Gasteiger partial charge in [0.05, 0.1) is 0 Å². The van der Waals surface area contributed by atoms with E-state index in [-0.39, 0.29) is 5.41 Å². The van der Waals surface area contributed by atoms with Gasteiger partial charge < -0.3 is 0 Å². The highest BCUT2D eigenvalue weighted by atomic mass is 14.4. The van der Waals surface area contributed by atoms with E-state index in [1.54, 1.807) is 0 Å². The zero-order chi connectivity index (χ0) is 25.3. The standard InChI is InChI=1S/C37H30/c1-23-13-17-29(31-11-7-5-9-27(23)31)25-15-19-33-34-20-16-26(22-36(34)37(3,4)35(33)21-25)30-18-14-24(2)28-10-6-8-12-32(28)30/h5-22H,1-4H3. The zero-order valence-corrected chi connectivity index (χ0v) is 21.9. The third-order valence-electron chi connectivity index (χ3n) is 8.58. The van der Waals surface area contributed by atoms with Gasteiger partial charge in [0.15, 0.2) is 0 Å². The largest absolute Gasteiger partial charge is 0.0616 e. The van der Waals surface area contributed by atoms with E-state index in [0.29, 0.717) is 0 Å². The topological polar surface area (TPSA) is 0 Å². The number of hydrogen-bond donors (Lipinski definition) is 0. The van der Waals surface area contributed by atoms with Gasteiger partial charge in [-0.25, -0.2) is 0 Å². The molecule has 0 heterocycles. The molecule has 0 saturated heterocycles. The average molecular weight is 475 g/mol. The van der Waals surface area contributed by atoms with Crippen molar-refractivity contribution in [3.8, 4) is 33.4 Å². The summed E-state index contributed by atoms with van der Waals surface area (Å²) in [4.78, 5) is 0. The van der Waals surface area contributed by atoms with Crippen LogP contribution in [-0.2, 0) is 5.41 Å². The molecule has 0 amide bonds. The predicted molar refractivity (Wildman–Crippen MR) is 159 cm³/mol. The van der Waals surface area contributed by atoms with Crippen molar-refractivity contribution in [2.75, 3.05) is 0 Å². The summed E-state index contributed by atoms with van der Waals surface area (Å²) in [5.74, 6) is 0. The molecule has 0 aliphatic heterocycles. The van der Waals surface area contributed by atoms with Gasteiger partial charge in [0.1, 0.15) is 0 Å². The Bertz CT molecular complexity index is 1730. The second kappa shape index (κ2) is 7.92. The van der Waals surface area contributed by atoms with Crippen molar-refractivity contribution in [1.29, 1.82) is 0 Å². The lowest BCUT2D eigenvalue weighted by Gasteiger charge is -2.23. The molecule has 7 rings (SSSR count). The molecule has 0 heteroatoms. The molecular weight excluding hydrogens is 444 g/mol. The van der Waals surface area contributed by atoms with Crippen LogP contribution in [0.1, 0.15) is 36.1 Å². The minimum atomic E-state index is -0.0717. The van der Waals surface area contributed by atoms with E-state index in [2.05, 4.69) is 137 Å². The first-order chi connectivity index (χ1) is 17.9. The SMILES string of the molecule is Cc1ccc(-c2ccc3c(c2)C(C)(C)c2cc(-c4ccc(C)c5ccccc45)ccc2-3)c2ccccc12. The van der Waals surface area contributed by atoms with Crippen LogP contribution in [0.15, 0.2) is 109 Å². The molecule has 0 atom stereocenters. The molecule has 0 unspecified atom stereocenters. The molecule has 37 heavy (non-hydrogen) atoms. The van der Waals surface area contributed by atoms with Crippen molar-refractivity contribution in [1.82, 2.24) is 0 Å². The summed E-state index contributed by atoms with van der Waals surface area (Å²) >= 11 is 0. The summed E-state index contributed by atoms with van der Waals surface area (Å²) in [5, 5.41) is 5.31. The van der Waals surface area contributed by atoms with E-state index in [9.17, 15) is 0 Å². The summed E-state index contributed by atoms with van der Waals surface area (Å²) in [6.07, 6.45) is 0. The molecule has 178 valence electrons. The fraction of sp³-hybridized carbons (Fsp3) is 0.135. The molecule has 0 radical (unpaired) electrons. The Labute approximate surface area is 219 Å². The molecule has 1 aliphatic rings. The van der Waals surface area contributed by atoms with Crippen molar-refractivity contribution >= 4 is 21.5 Å². The maximum absolute atomic E-state index is 2.44. The highest BCUT2D eigenvalue weighted by Crippen LogP contribution is 2.51. The van der Waals surface area contributed by atoms with Gasteiger partial charge in [0.25, 0.3) is 0 Å². The van der Waals surface area contributed by atoms with Crippen LogP contribution in [0, 0.1) is 13.8 Å². The van der Waals surface area contributed by atoms with Gasteiger partial charge >= 0.3 is 0 Å². The van der Waals surface area contributed by atoms with Gasteiger partial charge in [-0.15, -0.1) is 0 Å². The number of hydrogen-bond acceptors (Lipinski definition) is 0. The van der Waals surface area contributed by atoms with Gasteiger partial charge in [-0.2, -0.15) is 0 Å². The first-order valence-electron chi connectivity index (χ1n) is 13.2. The van der Waals surface area contributed by atoms with E-state index in [4.69, 9.17) is 0 Å². The summed E-state index contributed by atoms with van der Waals surface area (Å²) in [6, 6.07) is 40.8. The summed E-state index contributed by atoms with van der Waals surface area (Å²) in [6.45, 7) is 9.16. The highest BCUT2D eigenvalue weighted by molar-refractivity contribution is 6.01. The van der Waals surface area contributed by atoms with Gasteiger partial charge in [0.2, 0.25) is 0 Å². The smallest absolute Gasteiger partial charge is 0.0159 e. The van der Waals surface area contributed by atoms with Crippen molar-refractivity contribution in [2.45, 2.75) is 33.1 Å². The van der Waals surface area contributed by atoms with Gasteiger partial charge in [-0.05, 0) is 103 Å². The Hall–Kier alpha value is -4.16. The minimum absolute atomic E-state index is 0.0717. The second-order valence-corrected chi connectivity index (χ2v) is 11.1. The van der Waals surface area contributed by atoms with Gasteiger partial charge in [-0.1, -0.05) is 111 Å². The van der Waals surface area contributed by atoms with Crippen LogP contribution in [-0.4, -0.2) is 0 Å². The Balaban J connectivity index is 1.38. The molecule has 6 aromatic rings. The molecule has 0 bridgehead atoms. The minimum Gasteiger partial charge on any atom is -0.0616 e. The predicted octanol–water partition coefficient (Wildman–Crippen LogP) is 10.3. The van der Waals surface area contributed by atoms with Crippen molar-refractivity contribution in [3.63, 3.8) is 0 Å². The van der Waals surface area contributed by atoms with Gasteiger partial charge in [0, 0.05) is 5.41 Å². The van der Waals surface area contributed by atoms with E-state index < -0.39 is 0 Å². The van der Waals surface area contributed by atoms with Crippen LogP contribution < -0.4 is 0 Å². The third kappa shape index (κ3) is 3.22. The van der Waals surface area contributed by atoms with Crippen molar-refractivity contribution in [3.05, 3.63) is 131 Å². The monoisotopic (exact) mass is 474 g/mol. The quantitative estimate of drug-likeness (QED) is 0.234. The molecule has 0 fully saturated rings.